The molecule has 1 amide bonds. The van der Waals surface area contributed by atoms with Crippen LogP contribution >= 0.6 is 23.4 Å². The first kappa shape index (κ1) is 14.9. The van der Waals surface area contributed by atoms with Gasteiger partial charge in [0.15, 0.2) is 6.04 Å². The predicted octanol–water partition coefficient (Wildman–Crippen LogP) is 2.25. The van der Waals surface area contributed by atoms with Gasteiger partial charge in [0.1, 0.15) is 11.1 Å². The first-order chi connectivity index (χ1) is 10.1. The number of amides is 1. The summed E-state index contributed by atoms with van der Waals surface area (Å²) in [7, 11) is 0. The zero-order valence-corrected chi connectivity index (χ0v) is 13.1. The molecule has 0 aromatic carbocycles. The number of β-lactam (4-membered cyclic amide) rings is 1. The van der Waals surface area contributed by atoms with Crippen molar-refractivity contribution in [1.82, 2.24) is 4.90 Å². The van der Waals surface area contributed by atoms with E-state index in [2.05, 4.69) is 4.99 Å². The smallest absolute Gasteiger partial charge is 0.352 e. The van der Waals surface area contributed by atoms with Crippen LogP contribution in [0.4, 0.5) is 0 Å². The van der Waals surface area contributed by atoms with Gasteiger partial charge in [-0.15, -0.1) is 23.4 Å². The predicted molar refractivity (Wildman–Crippen MR) is 82.8 cm³/mol. The molecule has 21 heavy (non-hydrogen) atoms. The number of thioether (sulfide) groups is 1. The van der Waals surface area contributed by atoms with E-state index in [9.17, 15) is 14.7 Å². The Bertz CT molecular complexity index is 526. The van der Waals surface area contributed by atoms with Gasteiger partial charge in [-0.25, -0.2) is 4.79 Å². The number of halogens is 1. The molecule has 1 unspecified atom stereocenters. The van der Waals surface area contributed by atoms with Gasteiger partial charge >= 0.3 is 5.97 Å². The summed E-state index contributed by atoms with van der Waals surface area (Å²) >= 11 is 7.39. The van der Waals surface area contributed by atoms with Gasteiger partial charge < -0.3 is 5.11 Å². The molecule has 1 aliphatic carbocycles. The lowest BCUT2D eigenvalue weighted by molar-refractivity contribution is -0.147. The molecule has 0 aromatic heterocycles. The molecular formula is C14H17ClN2O3S. The summed E-state index contributed by atoms with van der Waals surface area (Å²) in [4.78, 5) is 29.5. The Balaban J connectivity index is 1.81. The molecule has 7 heteroatoms. The fourth-order valence-electron chi connectivity index (χ4n) is 2.97. The maximum atomic E-state index is 12.2. The van der Waals surface area contributed by atoms with Crippen LogP contribution in [0.5, 0.6) is 0 Å². The monoisotopic (exact) mass is 328 g/mol. The number of hydrogen-bond acceptors (Lipinski definition) is 4. The standard InChI is InChI=1S/C14H17ClN2O3S/c15-7-9-6-10(14(19)20)17-12(18)11(13(17)21-9)16-8-4-2-1-3-5-8/h6,9,11,13H,1-5,7H2,(H,19,20)/t9?,11-,13-/m1/s1. The maximum absolute atomic E-state index is 12.2. The molecule has 114 valence electrons. The first-order valence-electron chi connectivity index (χ1n) is 7.17. The van der Waals surface area contributed by atoms with E-state index in [-0.39, 0.29) is 22.2 Å². The molecule has 0 radical (unpaired) electrons. The minimum atomic E-state index is -1.08. The molecule has 2 aliphatic heterocycles. The summed E-state index contributed by atoms with van der Waals surface area (Å²) < 4.78 is 0. The fraction of sp³-hybridized carbons (Fsp3) is 0.643. The van der Waals surface area contributed by atoms with E-state index in [0.29, 0.717) is 5.88 Å². The molecule has 1 saturated heterocycles. The third kappa shape index (κ3) is 2.71. The number of fused-ring (bicyclic) bond motifs is 1. The lowest BCUT2D eigenvalue weighted by Gasteiger charge is -2.48. The van der Waals surface area contributed by atoms with Crippen molar-refractivity contribution in [2.24, 2.45) is 4.99 Å². The molecule has 3 atom stereocenters. The van der Waals surface area contributed by atoms with E-state index in [1.54, 1.807) is 6.08 Å². The number of alkyl halides is 1. The van der Waals surface area contributed by atoms with Crippen LogP contribution in [0.2, 0.25) is 0 Å². The Morgan fingerprint density at radius 1 is 1.43 bits per heavy atom. The van der Waals surface area contributed by atoms with Crippen LogP contribution in [-0.4, -0.2) is 50.1 Å². The molecule has 1 saturated carbocycles. The lowest BCUT2D eigenvalue weighted by atomic mass is 9.97. The van der Waals surface area contributed by atoms with Crippen LogP contribution in [0.1, 0.15) is 32.1 Å². The SMILES string of the molecule is O=C(O)C1=CC(CCl)S[C@@H]2[C@H](N=C3CCCCC3)C(=O)N12. The first-order valence-corrected chi connectivity index (χ1v) is 8.64. The van der Waals surface area contributed by atoms with Crippen molar-refractivity contribution in [2.75, 3.05) is 5.88 Å². The average Bonchev–Trinajstić information content (AvgIpc) is 2.51. The summed E-state index contributed by atoms with van der Waals surface area (Å²) in [5.41, 5.74) is 1.16. The highest BCUT2D eigenvalue weighted by Crippen LogP contribution is 2.42. The highest BCUT2D eigenvalue weighted by Gasteiger charge is 2.53. The molecule has 2 heterocycles. The zero-order chi connectivity index (χ0) is 15.0. The maximum Gasteiger partial charge on any atom is 0.352 e. The van der Waals surface area contributed by atoms with E-state index >= 15 is 0 Å². The Hall–Kier alpha value is -1.01. The summed E-state index contributed by atoms with van der Waals surface area (Å²) in [5.74, 6) is -0.941. The normalized spacial score (nSPS) is 32.1. The van der Waals surface area contributed by atoms with E-state index in [4.69, 9.17) is 11.6 Å². The third-order valence-electron chi connectivity index (χ3n) is 4.06. The fourth-order valence-corrected chi connectivity index (χ4v) is 4.59. The Kier molecular flexibility index (Phi) is 4.26. The molecule has 3 aliphatic rings. The Morgan fingerprint density at radius 3 is 2.76 bits per heavy atom. The summed E-state index contributed by atoms with van der Waals surface area (Å²) in [6.07, 6.45) is 6.97. The van der Waals surface area contributed by atoms with Crippen molar-refractivity contribution in [3.63, 3.8) is 0 Å². The van der Waals surface area contributed by atoms with E-state index in [1.165, 1.54) is 23.1 Å². The number of carboxylic acid groups (broad SMARTS) is 1. The molecule has 1 N–H and O–H groups in total. The van der Waals surface area contributed by atoms with Crippen LogP contribution < -0.4 is 0 Å². The molecule has 0 aromatic rings. The number of carbonyl (C=O) groups is 2. The van der Waals surface area contributed by atoms with Crippen LogP contribution in [0, 0.1) is 0 Å². The third-order valence-corrected chi connectivity index (χ3v) is 5.97. The second kappa shape index (κ2) is 6.01. The number of aliphatic carboxylic acids is 1. The molecule has 2 fully saturated rings. The lowest BCUT2D eigenvalue weighted by Crippen LogP contribution is -2.64. The largest absolute Gasteiger partial charge is 0.477 e. The number of aliphatic imine (C=N–C) groups is 1. The van der Waals surface area contributed by atoms with Crippen LogP contribution in [0.15, 0.2) is 16.8 Å². The minimum Gasteiger partial charge on any atom is -0.477 e. The van der Waals surface area contributed by atoms with Gasteiger partial charge in [-0.05, 0) is 31.8 Å². The van der Waals surface area contributed by atoms with Crippen molar-refractivity contribution in [3.05, 3.63) is 11.8 Å². The van der Waals surface area contributed by atoms with E-state index in [0.717, 1.165) is 31.4 Å². The van der Waals surface area contributed by atoms with Crippen molar-refractivity contribution in [1.29, 1.82) is 0 Å². The zero-order valence-electron chi connectivity index (χ0n) is 11.5. The number of rotatable bonds is 3. The van der Waals surface area contributed by atoms with Crippen LogP contribution in [0.3, 0.4) is 0 Å². The van der Waals surface area contributed by atoms with Gasteiger partial charge in [0.2, 0.25) is 0 Å². The molecule has 0 spiro atoms. The van der Waals surface area contributed by atoms with Gasteiger partial charge in [-0.1, -0.05) is 6.42 Å². The van der Waals surface area contributed by atoms with Crippen LogP contribution in [-0.2, 0) is 9.59 Å². The topological polar surface area (TPSA) is 70.0 Å². The van der Waals surface area contributed by atoms with Gasteiger partial charge in [-0.2, -0.15) is 0 Å². The summed E-state index contributed by atoms with van der Waals surface area (Å²) in [6, 6.07) is -0.433. The van der Waals surface area contributed by atoms with E-state index in [1.807, 2.05) is 0 Å². The molecular weight excluding hydrogens is 312 g/mol. The number of nitrogens with zero attached hydrogens (tertiary/aromatic N) is 2. The van der Waals surface area contributed by atoms with E-state index < -0.39 is 12.0 Å². The van der Waals surface area contributed by atoms with Crippen molar-refractivity contribution in [3.8, 4) is 0 Å². The number of carbonyl (C=O) groups excluding carboxylic acids is 1. The van der Waals surface area contributed by atoms with Gasteiger partial charge in [0, 0.05) is 16.8 Å². The Labute approximate surface area is 132 Å². The van der Waals surface area contributed by atoms with Crippen molar-refractivity contribution >= 4 is 41.0 Å². The molecule has 0 bridgehead atoms. The molecule has 5 nitrogen and oxygen atoms in total. The average molecular weight is 329 g/mol. The highest BCUT2D eigenvalue weighted by atomic mass is 35.5. The highest BCUT2D eigenvalue weighted by molar-refractivity contribution is 8.01. The second-order valence-corrected chi connectivity index (χ2v) is 7.15. The summed E-state index contributed by atoms with van der Waals surface area (Å²) in [5, 5.41) is 8.95. The minimum absolute atomic E-state index is 0.0505. The van der Waals surface area contributed by atoms with Gasteiger partial charge in [0.05, 0.1) is 0 Å². The number of carboxylic acids is 1. The quantitative estimate of drug-likeness (QED) is 0.637. The van der Waals surface area contributed by atoms with Crippen molar-refractivity contribution in [2.45, 2.75) is 48.8 Å². The van der Waals surface area contributed by atoms with Crippen LogP contribution in [0.25, 0.3) is 0 Å². The number of hydrogen-bond donors (Lipinski definition) is 1. The summed E-state index contributed by atoms with van der Waals surface area (Å²) in [6.45, 7) is 0. The van der Waals surface area contributed by atoms with Crippen molar-refractivity contribution < 1.29 is 14.7 Å². The molecule has 3 rings (SSSR count). The van der Waals surface area contributed by atoms with Gasteiger partial charge in [-0.3, -0.25) is 14.7 Å². The Morgan fingerprint density at radius 2 is 2.14 bits per heavy atom. The second-order valence-electron chi connectivity index (χ2n) is 5.49. The van der Waals surface area contributed by atoms with Gasteiger partial charge in [0.25, 0.3) is 5.91 Å².